The Bertz CT molecular complexity index is 510. The predicted molar refractivity (Wildman–Crippen MR) is 80.9 cm³/mol. The van der Waals surface area contributed by atoms with E-state index in [1.54, 1.807) is 39.5 Å². The van der Waals surface area contributed by atoms with Crippen LogP contribution in [-0.4, -0.2) is 33.8 Å². The van der Waals surface area contributed by atoms with Crippen LogP contribution in [0.5, 0.6) is 17.2 Å². The van der Waals surface area contributed by atoms with Crippen LogP contribution in [0.2, 0.25) is 0 Å². The highest BCUT2D eigenvalue weighted by molar-refractivity contribution is 5.91. The summed E-state index contributed by atoms with van der Waals surface area (Å²) in [5, 5.41) is 2.88. The van der Waals surface area contributed by atoms with Gasteiger partial charge in [-0.2, -0.15) is 0 Å². The third kappa shape index (κ3) is 4.15. The molecule has 5 heteroatoms. The van der Waals surface area contributed by atoms with Gasteiger partial charge in [-0.15, -0.1) is 0 Å². The minimum Gasteiger partial charge on any atom is -0.493 e. The second kappa shape index (κ2) is 7.02. The quantitative estimate of drug-likeness (QED) is 0.783. The van der Waals surface area contributed by atoms with E-state index in [0.29, 0.717) is 23.2 Å². The van der Waals surface area contributed by atoms with E-state index in [4.69, 9.17) is 14.2 Å². The number of hydrogen-bond acceptors (Lipinski definition) is 4. The molecule has 0 spiro atoms. The van der Waals surface area contributed by atoms with Gasteiger partial charge < -0.3 is 19.5 Å². The summed E-state index contributed by atoms with van der Waals surface area (Å²) in [5.74, 6) is 2.25. The topological polar surface area (TPSA) is 56.8 Å². The fraction of sp³-hybridized carbons (Fsp3) is 0.438. The summed E-state index contributed by atoms with van der Waals surface area (Å²) >= 11 is 0. The van der Waals surface area contributed by atoms with Crippen molar-refractivity contribution in [3.8, 4) is 17.2 Å². The average molecular weight is 291 g/mol. The predicted octanol–water partition coefficient (Wildman–Crippen LogP) is 2.25. The molecule has 0 unspecified atom stereocenters. The molecule has 1 fully saturated rings. The summed E-state index contributed by atoms with van der Waals surface area (Å²) in [6.07, 6.45) is 5.68. The molecule has 0 heterocycles. The monoisotopic (exact) mass is 291 g/mol. The Morgan fingerprint density at radius 2 is 1.81 bits per heavy atom. The maximum Gasteiger partial charge on any atom is 0.244 e. The molecule has 114 valence electrons. The fourth-order valence-corrected chi connectivity index (χ4v) is 2.00. The van der Waals surface area contributed by atoms with Gasteiger partial charge in [-0.3, -0.25) is 4.79 Å². The molecule has 0 bridgehead atoms. The van der Waals surface area contributed by atoms with Crippen LogP contribution in [-0.2, 0) is 4.79 Å². The number of benzene rings is 1. The van der Waals surface area contributed by atoms with Crippen LogP contribution in [0.15, 0.2) is 18.2 Å². The molecule has 2 rings (SSSR count). The second-order valence-electron chi connectivity index (χ2n) is 4.98. The minimum absolute atomic E-state index is 0.0874. The van der Waals surface area contributed by atoms with E-state index in [9.17, 15) is 4.79 Å². The fourth-order valence-electron chi connectivity index (χ4n) is 2.00. The maximum absolute atomic E-state index is 11.7. The summed E-state index contributed by atoms with van der Waals surface area (Å²) in [4.78, 5) is 11.7. The number of amides is 1. The first-order valence-electron chi connectivity index (χ1n) is 6.93. The van der Waals surface area contributed by atoms with Gasteiger partial charge in [0.2, 0.25) is 11.7 Å². The standard InChI is InChI=1S/C16H21NO4/c1-19-13-8-12(9-14(20-2)16(13)21-3)6-7-15(18)17-10-11-4-5-11/h6-9,11H,4-5,10H2,1-3H3,(H,17,18)/b7-6+. The van der Waals surface area contributed by atoms with Crippen molar-refractivity contribution >= 4 is 12.0 Å². The summed E-state index contributed by atoms with van der Waals surface area (Å²) in [7, 11) is 4.68. The zero-order valence-electron chi connectivity index (χ0n) is 12.6. The van der Waals surface area contributed by atoms with Gasteiger partial charge in [0.15, 0.2) is 11.5 Å². The van der Waals surface area contributed by atoms with E-state index in [2.05, 4.69) is 5.32 Å². The molecule has 21 heavy (non-hydrogen) atoms. The lowest BCUT2D eigenvalue weighted by atomic mass is 10.1. The molecular formula is C16H21NO4. The zero-order valence-corrected chi connectivity index (χ0v) is 12.6. The van der Waals surface area contributed by atoms with Crippen molar-refractivity contribution in [1.29, 1.82) is 0 Å². The van der Waals surface area contributed by atoms with Crippen molar-refractivity contribution in [3.63, 3.8) is 0 Å². The van der Waals surface area contributed by atoms with Gasteiger partial charge in [0.05, 0.1) is 21.3 Å². The Labute approximate surface area is 124 Å². The number of hydrogen-bond donors (Lipinski definition) is 1. The molecule has 0 aromatic heterocycles. The van der Waals surface area contributed by atoms with Gasteiger partial charge in [-0.05, 0) is 42.5 Å². The van der Waals surface area contributed by atoms with Crippen LogP contribution < -0.4 is 19.5 Å². The third-order valence-electron chi connectivity index (χ3n) is 3.38. The van der Waals surface area contributed by atoms with Crippen LogP contribution in [0.4, 0.5) is 0 Å². The Morgan fingerprint density at radius 1 is 1.19 bits per heavy atom. The first kappa shape index (κ1) is 15.2. The highest BCUT2D eigenvalue weighted by atomic mass is 16.5. The highest BCUT2D eigenvalue weighted by Crippen LogP contribution is 2.38. The van der Waals surface area contributed by atoms with Gasteiger partial charge in [-0.1, -0.05) is 0 Å². The normalized spacial score (nSPS) is 14.0. The Hall–Kier alpha value is -2.17. The van der Waals surface area contributed by atoms with E-state index >= 15 is 0 Å². The van der Waals surface area contributed by atoms with Crippen molar-refractivity contribution in [2.75, 3.05) is 27.9 Å². The van der Waals surface area contributed by atoms with E-state index in [0.717, 1.165) is 12.1 Å². The first-order valence-corrected chi connectivity index (χ1v) is 6.93. The molecule has 1 aromatic rings. The smallest absolute Gasteiger partial charge is 0.244 e. The number of carbonyl (C=O) groups is 1. The number of ether oxygens (including phenoxy) is 3. The van der Waals surface area contributed by atoms with Crippen molar-refractivity contribution < 1.29 is 19.0 Å². The molecule has 1 aromatic carbocycles. The van der Waals surface area contributed by atoms with Crippen LogP contribution >= 0.6 is 0 Å². The lowest BCUT2D eigenvalue weighted by Gasteiger charge is -2.12. The third-order valence-corrected chi connectivity index (χ3v) is 3.38. The van der Waals surface area contributed by atoms with Gasteiger partial charge in [0.25, 0.3) is 0 Å². The van der Waals surface area contributed by atoms with Gasteiger partial charge >= 0.3 is 0 Å². The molecule has 5 nitrogen and oxygen atoms in total. The van der Waals surface area contributed by atoms with Crippen LogP contribution in [0.1, 0.15) is 18.4 Å². The Balaban J connectivity index is 2.09. The van der Waals surface area contributed by atoms with Crippen LogP contribution in [0.3, 0.4) is 0 Å². The Morgan fingerprint density at radius 3 is 2.29 bits per heavy atom. The summed E-state index contributed by atoms with van der Waals surface area (Å²) in [6.45, 7) is 0.762. The number of nitrogens with one attached hydrogen (secondary N) is 1. The molecule has 1 N–H and O–H groups in total. The SMILES string of the molecule is COc1cc(/C=C/C(=O)NCC2CC2)cc(OC)c1OC. The molecule has 0 aliphatic heterocycles. The molecule has 0 radical (unpaired) electrons. The summed E-state index contributed by atoms with van der Waals surface area (Å²) in [6, 6.07) is 3.60. The average Bonchev–Trinajstić information content (AvgIpc) is 3.33. The van der Waals surface area contributed by atoms with E-state index in [1.807, 2.05) is 0 Å². The van der Waals surface area contributed by atoms with E-state index < -0.39 is 0 Å². The lowest BCUT2D eigenvalue weighted by Crippen LogP contribution is -2.23. The van der Waals surface area contributed by atoms with Crippen molar-refractivity contribution in [3.05, 3.63) is 23.8 Å². The van der Waals surface area contributed by atoms with Gasteiger partial charge in [-0.25, -0.2) is 0 Å². The number of methoxy groups -OCH3 is 3. The molecule has 1 amide bonds. The number of rotatable bonds is 7. The molecule has 1 aliphatic carbocycles. The Kier molecular flexibility index (Phi) is 5.09. The van der Waals surface area contributed by atoms with Crippen LogP contribution in [0.25, 0.3) is 6.08 Å². The highest BCUT2D eigenvalue weighted by Gasteiger charge is 2.21. The van der Waals surface area contributed by atoms with Crippen molar-refractivity contribution in [2.24, 2.45) is 5.92 Å². The van der Waals surface area contributed by atoms with Gasteiger partial charge in [0.1, 0.15) is 0 Å². The summed E-state index contributed by atoms with van der Waals surface area (Å²) < 4.78 is 15.8. The maximum atomic E-state index is 11.7. The van der Waals surface area contributed by atoms with E-state index in [1.165, 1.54) is 18.9 Å². The summed E-state index contributed by atoms with van der Waals surface area (Å²) in [5.41, 5.74) is 0.811. The first-order chi connectivity index (χ1) is 10.2. The molecular weight excluding hydrogens is 270 g/mol. The van der Waals surface area contributed by atoms with Gasteiger partial charge in [0, 0.05) is 12.6 Å². The molecule has 0 atom stereocenters. The number of carbonyl (C=O) groups excluding carboxylic acids is 1. The molecule has 0 saturated heterocycles. The minimum atomic E-state index is -0.0874. The lowest BCUT2D eigenvalue weighted by molar-refractivity contribution is -0.116. The van der Waals surface area contributed by atoms with Crippen LogP contribution in [0, 0.1) is 5.92 Å². The van der Waals surface area contributed by atoms with Crippen molar-refractivity contribution in [2.45, 2.75) is 12.8 Å². The van der Waals surface area contributed by atoms with Crippen molar-refractivity contribution in [1.82, 2.24) is 5.32 Å². The molecule has 1 saturated carbocycles. The van der Waals surface area contributed by atoms with E-state index in [-0.39, 0.29) is 5.91 Å². The zero-order chi connectivity index (χ0) is 15.2. The molecule has 1 aliphatic rings. The second-order valence-corrected chi connectivity index (χ2v) is 4.98. The largest absolute Gasteiger partial charge is 0.493 e.